The first-order chi connectivity index (χ1) is 8.29. The number of phenols is 1. The molecule has 2 aromatic rings. The van der Waals surface area contributed by atoms with Crippen LogP contribution in [0.1, 0.15) is 17.0 Å². The number of nitriles is 1. The van der Waals surface area contributed by atoms with Crippen LogP contribution in [0.25, 0.3) is 5.69 Å². The molecular formula is C12H10N4O. The molecule has 1 aliphatic heterocycles. The monoisotopic (exact) mass is 226 g/mol. The summed E-state index contributed by atoms with van der Waals surface area (Å²) in [7, 11) is 0. The van der Waals surface area contributed by atoms with Gasteiger partial charge in [0.1, 0.15) is 11.8 Å². The minimum Gasteiger partial charge on any atom is -0.508 e. The van der Waals surface area contributed by atoms with E-state index in [1.807, 2.05) is 0 Å². The number of phenolic OH excluding ortho intramolecular Hbond substituents is 1. The predicted octanol–water partition coefficient (Wildman–Crippen LogP) is 1.05. The van der Waals surface area contributed by atoms with Gasteiger partial charge in [0.25, 0.3) is 0 Å². The van der Waals surface area contributed by atoms with Crippen LogP contribution >= 0.6 is 0 Å². The van der Waals surface area contributed by atoms with Gasteiger partial charge >= 0.3 is 0 Å². The van der Waals surface area contributed by atoms with Gasteiger partial charge in [-0.3, -0.25) is 0 Å². The van der Waals surface area contributed by atoms with E-state index in [2.05, 4.69) is 16.5 Å². The molecule has 2 N–H and O–H groups in total. The van der Waals surface area contributed by atoms with Crippen LogP contribution < -0.4 is 5.32 Å². The van der Waals surface area contributed by atoms with Gasteiger partial charge in [-0.25, -0.2) is 4.68 Å². The van der Waals surface area contributed by atoms with Crippen LogP contribution in [-0.4, -0.2) is 14.9 Å². The highest BCUT2D eigenvalue weighted by molar-refractivity contribution is 5.44. The third-order valence-corrected chi connectivity index (χ3v) is 2.88. The van der Waals surface area contributed by atoms with E-state index in [9.17, 15) is 5.11 Å². The Balaban J connectivity index is 2.16. The van der Waals surface area contributed by atoms with Crippen LogP contribution in [0, 0.1) is 11.3 Å². The number of fused-ring (bicyclic) bond motifs is 1. The van der Waals surface area contributed by atoms with Crippen LogP contribution in [0.5, 0.6) is 5.75 Å². The summed E-state index contributed by atoms with van der Waals surface area (Å²) >= 11 is 0. The van der Waals surface area contributed by atoms with E-state index >= 15 is 0 Å². The fraction of sp³-hybridized carbons (Fsp3) is 0.167. The Morgan fingerprint density at radius 2 is 2.06 bits per heavy atom. The molecule has 0 amide bonds. The molecule has 0 radical (unpaired) electrons. The lowest BCUT2D eigenvalue weighted by Crippen LogP contribution is -2.08. The van der Waals surface area contributed by atoms with Crippen molar-refractivity contribution in [2.24, 2.45) is 0 Å². The third-order valence-electron chi connectivity index (χ3n) is 2.88. The molecule has 5 heteroatoms. The maximum Gasteiger partial charge on any atom is 0.167 e. The Hall–Kier alpha value is -2.32. The number of nitrogens with one attached hydrogen (secondary N) is 1. The summed E-state index contributed by atoms with van der Waals surface area (Å²) in [6.07, 6.45) is 0. The number of aromatic nitrogens is 2. The Kier molecular flexibility index (Phi) is 2.10. The zero-order chi connectivity index (χ0) is 11.8. The molecule has 0 spiro atoms. The minimum absolute atomic E-state index is 0.219. The van der Waals surface area contributed by atoms with Crippen LogP contribution in [-0.2, 0) is 13.1 Å². The Bertz CT molecular complexity index is 607. The van der Waals surface area contributed by atoms with Crippen molar-refractivity contribution in [1.82, 2.24) is 15.1 Å². The number of benzene rings is 1. The Labute approximate surface area is 97.9 Å². The molecule has 84 valence electrons. The number of aromatic hydroxyl groups is 1. The van der Waals surface area contributed by atoms with E-state index in [0.29, 0.717) is 18.8 Å². The fourth-order valence-corrected chi connectivity index (χ4v) is 2.06. The van der Waals surface area contributed by atoms with Crippen molar-refractivity contribution in [2.45, 2.75) is 13.1 Å². The number of hydrogen-bond acceptors (Lipinski definition) is 4. The van der Waals surface area contributed by atoms with Crippen molar-refractivity contribution in [3.8, 4) is 17.5 Å². The average Bonchev–Trinajstić information content (AvgIpc) is 2.91. The first kappa shape index (κ1) is 9.87. The summed E-state index contributed by atoms with van der Waals surface area (Å²) in [5, 5.41) is 25.8. The lowest BCUT2D eigenvalue weighted by Gasteiger charge is -2.04. The van der Waals surface area contributed by atoms with Gasteiger partial charge in [0.15, 0.2) is 5.69 Å². The summed E-state index contributed by atoms with van der Waals surface area (Å²) in [6.45, 7) is 1.40. The molecule has 3 rings (SSSR count). The van der Waals surface area contributed by atoms with Gasteiger partial charge in [-0.15, -0.1) is 0 Å². The highest BCUT2D eigenvalue weighted by Crippen LogP contribution is 2.23. The molecule has 0 atom stereocenters. The van der Waals surface area contributed by atoms with Crippen molar-refractivity contribution < 1.29 is 5.11 Å². The number of nitrogens with zero attached hydrogens (tertiary/aromatic N) is 3. The molecule has 0 saturated carbocycles. The first-order valence-electron chi connectivity index (χ1n) is 5.30. The third kappa shape index (κ3) is 1.47. The highest BCUT2D eigenvalue weighted by atomic mass is 16.3. The van der Waals surface area contributed by atoms with Crippen LogP contribution in [0.3, 0.4) is 0 Å². The van der Waals surface area contributed by atoms with Crippen LogP contribution in [0.15, 0.2) is 24.3 Å². The van der Waals surface area contributed by atoms with E-state index in [4.69, 9.17) is 5.26 Å². The molecule has 17 heavy (non-hydrogen) atoms. The second-order valence-corrected chi connectivity index (χ2v) is 3.92. The van der Waals surface area contributed by atoms with Crippen molar-refractivity contribution >= 4 is 0 Å². The summed E-state index contributed by atoms with van der Waals surface area (Å²) in [5.41, 5.74) is 3.31. The topological polar surface area (TPSA) is 73.9 Å². The van der Waals surface area contributed by atoms with Gasteiger partial charge in [0.05, 0.1) is 11.4 Å². The summed E-state index contributed by atoms with van der Waals surface area (Å²) < 4.78 is 1.76. The van der Waals surface area contributed by atoms with E-state index in [1.54, 1.807) is 28.9 Å². The summed E-state index contributed by atoms with van der Waals surface area (Å²) in [5.74, 6) is 0.219. The van der Waals surface area contributed by atoms with Gasteiger partial charge in [-0.1, -0.05) is 0 Å². The van der Waals surface area contributed by atoms with Gasteiger partial charge in [-0.05, 0) is 24.3 Å². The quantitative estimate of drug-likeness (QED) is 0.762. The largest absolute Gasteiger partial charge is 0.508 e. The molecule has 2 heterocycles. The Morgan fingerprint density at radius 1 is 1.29 bits per heavy atom. The Morgan fingerprint density at radius 3 is 2.76 bits per heavy atom. The minimum atomic E-state index is 0.219. The fourth-order valence-electron chi connectivity index (χ4n) is 2.06. The molecule has 1 aromatic carbocycles. The smallest absolute Gasteiger partial charge is 0.167 e. The second kappa shape index (κ2) is 3.61. The van der Waals surface area contributed by atoms with Crippen LogP contribution in [0.4, 0.5) is 0 Å². The SMILES string of the molecule is N#Cc1nn(-c2ccc(O)cc2)c2c1CNC2. The number of hydrogen-bond donors (Lipinski definition) is 2. The van der Waals surface area contributed by atoms with E-state index in [1.165, 1.54) is 0 Å². The summed E-state index contributed by atoms with van der Waals surface area (Å²) in [6, 6.07) is 8.89. The first-order valence-corrected chi connectivity index (χ1v) is 5.30. The lowest BCUT2D eigenvalue weighted by molar-refractivity contribution is 0.475. The lowest BCUT2D eigenvalue weighted by atomic mass is 10.2. The molecule has 1 aromatic heterocycles. The van der Waals surface area contributed by atoms with Crippen LogP contribution in [0.2, 0.25) is 0 Å². The maximum atomic E-state index is 9.25. The summed E-state index contributed by atoms with van der Waals surface area (Å²) in [4.78, 5) is 0. The van der Waals surface area contributed by atoms with E-state index in [0.717, 1.165) is 16.9 Å². The normalized spacial score (nSPS) is 13.4. The number of rotatable bonds is 1. The molecule has 0 bridgehead atoms. The molecule has 0 aliphatic carbocycles. The highest BCUT2D eigenvalue weighted by Gasteiger charge is 2.22. The molecule has 0 saturated heterocycles. The van der Waals surface area contributed by atoms with Crippen molar-refractivity contribution in [3.63, 3.8) is 0 Å². The van der Waals surface area contributed by atoms with Crippen molar-refractivity contribution in [2.75, 3.05) is 0 Å². The van der Waals surface area contributed by atoms with E-state index in [-0.39, 0.29) is 5.75 Å². The standard InChI is InChI=1S/C12H10N4O/c13-5-11-10-6-14-7-12(10)16(15-11)8-1-3-9(17)4-2-8/h1-4,14,17H,6-7H2. The zero-order valence-corrected chi connectivity index (χ0v) is 9.01. The van der Waals surface area contributed by atoms with Gasteiger partial charge in [0, 0.05) is 18.7 Å². The molecule has 1 aliphatic rings. The molecule has 0 fully saturated rings. The zero-order valence-electron chi connectivity index (χ0n) is 9.01. The van der Waals surface area contributed by atoms with Gasteiger partial charge in [0.2, 0.25) is 0 Å². The molecule has 0 unspecified atom stereocenters. The van der Waals surface area contributed by atoms with Gasteiger partial charge in [-0.2, -0.15) is 10.4 Å². The van der Waals surface area contributed by atoms with E-state index < -0.39 is 0 Å². The molecule has 5 nitrogen and oxygen atoms in total. The predicted molar refractivity (Wildman–Crippen MR) is 60.5 cm³/mol. The van der Waals surface area contributed by atoms with Crippen molar-refractivity contribution in [1.29, 1.82) is 5.26 Å². The molecular weight excluding hydrogens is 216 g/mol. The average molecular weight is 226 g/mol. The maximum absolute atomic E-state index is 9.25. The van der Waals surface area contributed by atoms with Crippen molar-refractivity contribution in [3.05, 3.63) is 41.2 Å². The second-order valence-electron chi connectivity index (χ2n) is 3.92. The van der Waals surface area contributed by atoms with Gasteiger partial charge < -0.3 is 10.4 Å².